The molecule has 0 radical (unpaired) electrons. The van der Waals surface area contributed by atoms with E-state index in [0.717, 1.165) is 11.3 Å². The van der Waals surface area contributed by atoms with Gasteiger partial charge in [-0.05, 0) is 49.2 Å². The highest BCUT2D eigenvalue weighted by Crippen LogP contribution is 2.34. The third-order valence-electron chi connectivity index (χ3n) is 5.87. The number of carbonyl (C=O) groups excluding carboxylic acids is 3. The van der Waals surface area contributed by atoms with Crippen LogP contribution in [0.15, 0.2) is 42.5 Å². The van der Waals surface area contributed by atoms with Crippen molar-refractivity contribution >= 4 is 40.4 Å². The molecule has 1 fully saturated rings. The zero-order chi connectivity index (χ0) is 25.1. The highest BCUT2D eigenvalue weighted by Gasteiger charge is 2.31. The van der Waals surface area contributed by atoms with Gasteiger partial charge in [-0.15, -0.1) is 10.2 Å². The van der Waals surface area contributed by atoms with E-state index in [4.69, 9.17) is 14.2 Å². The zero-order valence-electron chi connectivity index (χ0n) is 19.4. The summed E-state index contributed by atoms with van der Waals surface area (Å²) in [6.45, 7) is 0.900. The monoisotopic (exact) mass is 509 g/mol. The average molecular weight is 510 g/mol. The predicted octanol–water partition coefficient (Wildman–Crippen LogP) is 3.02. The molecule has 1 atom stereocenters. The summed E-state index contributed by atoms with van der Waals surface area (Å²) in [5.41, 5.74) is 1.17. The van der Waals surface area contributed by atoms with Crippen LogP contribution < -0.4 is 24.8 Å². The number of ether oxygens (including phenoxy) is 3. The number of piperidine rings is 1. The molecule has 11 nitrogen and oxygen atoms in total. The molecule has 0 aliphatic carbocycles. The molecule has 12 heteroatoms. The van der Waals surface area contributed by atoms with E-state index in [2.05, 4.69) is 20.8 Å². The van der Waals surface area contributed by atoms with Crippen molar-refractivity contribution in [3.05, 3.63) is 52.5 Å². The molecule has 3 heterocycles. The molecule has 2 aromatic carbocycles. The molecule has 2 aliphatic heterocycles. The number of amides is 3. The number of methoxy groups -OCH3 is 1. The Labute approximate surface area is 210 Å². The van der Waals surface area contributed by atoms with E-state index in [9.17, 15) is 14.4 Å². The van der Waals surface area contributed by atoms with Crippen LogP contribution >= 0.6 is 11.3 Å². The topological polar surface area (TPSA) is 132 Å². The maximum absolute atomic E-state index is 13.0. The quantitative estimate of drug-likeness (QED) is 0.518. The van der Waals surface area contributed by atoms with E-state index < -0.39 is 5.91 Å². The van der Waals surface area contributed by atoms with Crippen LogP contribution in [0.25, 0.3) is 0 Å². The summed E-state index contributed by atoms with van der Waals surface area (Å²) >= 11 is 0.909. The van der Waals surface area contributed by atoms with Gasteiger partial charge in [-0.25, -0.2) is 0 Å². The van der Waals surface area contributed by atoms with Crippen LogP contribution in [0.4, 0.5) is 11.4 Å². The molecule has 3 aromatic rings. The standard InChI is InChI=1S/C24H23N5O6S/c1-33-17-7-4-15(5-8-17)25-20(30)14-3-2-10-29(12-14)24(32)23-28-27-22(36-23)21(31)26-16-6-9-18-19(11-16)35-13-34-18/h4-9,11,14H,2-3,10,12-13H2,1H3,(H,25,30)(H,26,31). The maximum Gasteiger partial charge on any atom is 0.286 e. The number of nitrogens with zero attached hydrogens (tertiary/aromatic N) is 3. The van der Waals surface area contributed by atoms with Gasteiger partial charge in [0.25, 0.3) is 11.8 Å². The maximum atomic E-state index is 13.0. The Bertz CT molecular complexity index is 1290. The van der Waals surface area contributed by atoms with Crippen LogP contribution in [0.3, 0.4) is 0 Å². The van der Waals surface area contributed by atoms with E-state index in [-0.39, 0.29) is 41.1 Å². The van der Waals surface area contributed by atoms with Crippen molar-refractivity contribution in [2.24, 2.45) is 5.92 Å². The number of carbonyl (C=O) groups is 3. The van der Waals surface area contributed by atoms with Crippen molar-refractivity contribution in [2.45, 2.75) is 12.8 Å². The first-order valence-corrected chi connectivity index (χ1v) is 12.1. The number of anilines is 2. The van der Waals surface area contributed by atoms with Crippen LogP contribution in [0.2, 0.25) is 0 Å². The van der Waals surface area contributed by atoms with E-state index in [1.54, 1.807) is 54.5 Å². The van der Waals surface area contributed by atoms with Gasteiger partial charge < -0.3 is 29.7 Å². The van der Waals surface area contributed by atoms with Crippen LogP contribution in [-0.2, 0) is 4.79 Å². The first kappa shape index (κ1) is 23.5. The number of nitrogens with one attached hydrogen (secondary N) is 2. The lowest BCUT2D eigenvalue weighted by Crippen LogP contribution is -2.43. The highest BCUT2D eigenvalue weighted by atomic mass is 32.1. The molecule has 0 spiro atoms. The number of hydrogen-bond acceptors (Lipinski definition) is 9. The third kappa shape index (κ3) is 5.08. The first-order chi connectivity index (χ1) is 17.5. The first-order valence-electron chi connectivity index (χ1n) is 11.3. The molecule has 36 heavy (non-hydrogen) atoms. The number of aromatic nitrogens is 2. The molecule has 1 saturated heterocycles. The molecule has 2 aliphatic rings. The molecule has 0 saturated carbocycles. The fourth-order valence-corrected chi connectivity index (χ4v) is 4.70. The lowest BCUT2D eigenvalue weighted by Gasteiger charge is -2.31. The van der Waals surface area contributed by atoms with E-state index in [1.165, 1.54) is 0 Å². The fraction of sp³-hybridized carbons (Fsp3) is 0.292. The minimum Gasteiger partial charge on any atom is -0.497 e. The minimum atomic E-state index is -0.485. The van der Waals surface area contributed by atoms with Gasteiger partial charge >= 0.3 is 0 Å². The van der Waals surface area contributed by atoms with Gasteiger partial charge in [0.15, 0.2) is 11.5 Å². The largest absolute Gasteiger partial charge is 0.497 e. The molecule has 186 valence electrons. The van der Waals surface area contributed by atoms with Crippen LogP contribution in [0, 0.1) is 5.92 Å². The number of hydrogen-bond donors (Lipinski definition) is 2. The second kappa shape index (κ2) is 10.2. The Morgan fingerprint density at radius 2 is 1.75 bits per heavy atom. The van der Waals surface area contributed by atoms with Crippen LogP contribution in [0.5, 0.6) is 17.2 Å². The van der Waals surface area contributed by atoms with Gasteiger partial charge in [0, 0.05) is 30.5 Å². The SMILES string of the molecule is COc1ccc(NC(=O)C2CCCN(C(=O)c3nnc(C(=O)Nc4ccc5c(c4)OCO5)s3)C2)cc1. The van der Waals surface area contributed by atoms with Crippen molar-refractivity contribution in [1.29, 1.82) is 0 Å². The summed E-state index contributed by atoms with van der Waals surface area (Å²) in [6.07, 6.45) is 1.35. The summed E-state index contributed by atoms with van der Waals surface area (Å²) < 4.78 is 15.7. The Morgan fingerprint density at radius 3 is 2.56 bits per heavy atom. The Morgan fingerprint density at radius 1 is 1.00 bits per heavy atom. The summed E-state index contributed by atoms with van der Waals surface area (Å²) in [5, 5.41) is 13.6. The summed E-state index contributed by atoms with van der Waals surface area (Å²) in [7, 11) is 1.58. The third-order valence-corrected chi connectivity index (χ3v) is 6.78. The average Bonchev–Trinajstić information content (AvgIpc) is 3.59. The van der Waals surface area contributed by atoms with Gasteiger partial charge in [-0.1, -0.05) is 11.3 Å². The van der Waals surface area contributed by atoms with E-state index in [1.807, 2.05) is 0 Å². The van der Waals surface area contributed by atoms with Crippen molar-refractivity contribution in [3.8, 4) is 17.2 Å². The molecule has 1 unspecified atom stereocenters. The van der Waals surface area contributed by atoms with Gasteiger partial charge in [-0.3, -0.25) is 14.4 Å². The molecule has 1 aromatic heterocycles. The van der Waals surface area contributed by atoms with Crippen LogP contribution in [0.1, 0.15) is 32.4 Å². The predicted molar refractivity (Wildman–Crippen MR) is 131 cm³/mol. The number of rotatable bonds is 6. The zero-order valence-corrected chi connectivity index (χ0v) is 20.2. The summed E-state index contributed by atoms with van der Waals surface area (Å²) in [4.78, 5) is 40.0. The van der Waals surface area contributed by atoms with Gasteiger partial charge in [0.05, 0.1) is 13.0 Å². The Kier molecular flexibility index (Phi) is 6.67. The number of benzene rings is 2. The molecule has 5 rings (SSSR count). The van der Waals surface area contributed by atoms with Crippen LogP contribution in [-0.4, -0.2) is 59.8 Å². The second-order valence-corrected chi connectivity index (χ2v) is 9.22. The van der Waals surface area contributed by atoms with Gasteiger partial charge in [0.1, 0.15) is 5.75 Å². The fourth-order valence-electron chi connectivity index (χ4n) is 3.99. The molecule has 3 amide bonds. The minimum absolute atomic E-state index is 0.0572. The van der Waals surface area contributed by atoms with E-state index >= 15 is 0 Å². The second-order valence-electron chi connectivity index (χ2n) is 8.24. The Hall–Kier alpha value is -4.19. The molecular formula is C24H23N5O6S. The van der Waals surface area contributed by atoms with Crippen molar-refractivity contribution in [2.75, 3.05) is 37.6 Å². The lowest BCUT2D eigenvalue weighted by atomic mass is 9.97. The molecule has 0 bridgehead atoms. The number of likely N-dealkylation sites (tertiary alicyclic amines) is 1. The normalized spacial score (nSPS) is 16.4. The van der Waals surface area contributed by atoms with Gasteiger partial charge in [0.2, 0.25) is 22.7 Å². The van der Waals surface area contributed by atoms with Crippen molar-refractivity contribution in [1.82, 2.24) is 15.1 Å². The smallest absolute Gasteiger partial charge is 0.286 e. The number of fused-ring (bicyclic) bond motifs is 1. The summed E-state index contributed by atoms with van der Waals surface area (Å²) in [6, 6.07) is 12.1. The summed E-state index contributed by atoms with van der Waals surface area (Å²) in [5.74, 6) is 0.497. The Balaban J connectivity index is 1.19. The highest BCUT2D eigenvalue weighted by molar-refractivity contribution is 7.15. The van der Waals surface area contributed by atoms with Crippen molar-refractivity contribution < 1.29 is 28.6 Å². The van der Waals surface area contributed by atoms with Crippen molar-refractivity contribution in [3.63, 3.8) is 0 Å². The lowest BCUT2D eigenvalue weighted by molar-refractivity contribution is -0.121. The molecule has 2 N–H and O–H groups in total. The van der Waals surface area contributed by atoms with Gasteiger partial charge in [-0.2, -0.15) is 0 Å². The van der Waals surface area contributed by atoms with E-state index in [0.29, 0.717) is 48.0 Å². The molecular weight excluding hydrogens is 486 g/mol.